The van der Waals surface area contributed by atoms with Crippen molar-refractivity contribution < 1.29 is 4.74 Å². The summed E-state index contributed by atoms with van der Waals surface area (Å²) in [7, 11) is 0. The average molecular weight is 527 g/mol. The number of benzene rings is 2. The maximum atomic E-state index is 9.86. The summed E-state index contributed by atoms with van der Waals surface area (Å²) >= 11 is 6.98. The van der Waals surface area contributed by atoms with Crippen LogP contribution in [0.2, 0.25) is 0 Å². The number of hydrogen-bond donors (Lipinski definition) is 1. The van der Waals surface area contributed by atoms with Gasteiger partial charge in [0.1, 0.15) is 17.4 Å². The van der Waals surface area contributed by atoms with Crippen molar-refractivity contribution in [3.8, 4) is 6.07 Å². The molecule has 0 aliphatic carbocycles. The second-order valence-corrected chi connectivity index (χ2v) is 9.19. The number of nitrogens with zero attached hydrogens (tertiary/aromatic N) is 2. The van der Waals surface area contributed by atoms with Gasteiger partial charge in [-0.05, 0) is 53.6 Å². The second-order valence-electron chi connectivity index (χ2n) is 7.36. The van der Waals surface area contributed by atoms with Crippen molar-refractivity contribution in [2.24, 2.45) is 5.73 Å². The zero-order valence-electron chi connectivity index (χ0n) is 16.5. The molecule has 4 rings (SSSR count). The van der Waals surface area contributed by atoms with Gasteiger partial charge in [-0.15, -0.1) is 0 Å². The molecule has 0 bridgehead atoms. The number of rotatable bonds is 3. The molecule has 0 radical (unpaired) electrons. The Morgan fingerprint density at radius 3 is 2.33 bits per heavy atom. The van der Waals surface area contributed by atoms with E-state index >= 15 is 0 Å². The molecule has 2 aromatic rings. The lowest BCUT2D eigenvalue weighted by Gasteiger charge is -2.38. The first-order chi connectivity index (χ1) is 14.5. The van der Waals surface area contributed by atoms with Gasteiger partial charge in [-0.2, -0.15) is 5.26 Å². The van der Waals surface area contributed by atoms with Crippen LogP contribution >= 0.6 is 31.9 Å². The quantitative estimate of drug-likeness (QED) is 0.557. The minimum absolute atomic E-state index is 0.191. The van der Waals surface area contributed by atoms with Crippen LogP contribution in [-0.4, -0.2) is 24.5 Å². The number of ether oxygens (including phenoxy) is 1. The van der Waals surface area contributed by atoms with E-state index in [1.165, 1.54) is 0 Å². The van der Waals surface area contributed by atoms with Crippen LogP contribution in [0.5, 0.6) is 0 Å². The van der Waals surface area contributed by atoms with Crippen LogP contribution in [-0.2, 0) is 4.74 Å². The molecule has 0 amide bonds. The van der Waals surface area contributed by atoms with Crippen LogP contribution < -0.4 is 5.73 Å². The topological polar surface area (TPSA) is 62.3 Å². The molecule has 1 atom stereocenters. The monoisotopic (exact) mass is 525 g/mol. The van der Waals surface area contributed by atoms with Crippen molar-refractivity contribution in [2.45, 2.75) is 12.8 Å². The Bertz CT molecular complexity index is 1090. The fourth-order valence-corrected chi connectivity index (χ4v) is 4.49. The maximum absolute atomic E-state index is 9.86. The van der Waals surface area contributed by atoms with Gasteiger partial charge in [0.05, 0.1) is 5.92 Å². The SMILES string of the molecule is CCN1CC2=C(OC(N)=C(C#N)C2c2ccc(Br)cc2)/C(=C/c2ccc(Br)cc2)C1. The lowest BCUT2D eigenvalue weighted by molar-refractivity contribution is 0.239. The highest BCUT2D eigenvalue weighted by molar-refractivity contribution is 9.10. The molecule has 2 aliphatic rings. The standard InChI is InChI=1S/C24H21Br2N3O/c1-2-29-13-17(11-15-3-7-18(25)8-4-15)23-21(14-29)22(20(12-27)24(28)30-23)16-5-9-19(26)10-6-16/h3-11,22H,2,13-14,28H2,1H3/b17-11+. The third-order valence-corrected chi connectivity index (χ3v) is 6.53. The minimum Gasteiger partial charge on any atom is -0.440 e. The van der Waals surface area contributed by atoms with Gasteiger partial charge in [-0.25, -0.2) is 0 Å². The Labute approximate surface area is 193 Å². The minimum atomic E-state index is -0.213. The lowest BCUT2D eigenvalue weighted by Crippen LogP contribution is -2.38. The van der Waals surface area contributed by atoms with Crippen molar-refractivity contribution in [1.29, 1.82) is 5.26 Å². The Morgan fingerprint density at radius 1 is 1.10 bits per heavy atom. The molecular weight excluding hydrogens is 506 g/mol. The van der Waals surface area contributed by atoms with Gasteiger partial charge in [-0.3, -0.25) is 4.90 Å². The number of halogens is 2. The van der Waals surface area contributed by atoms with Crippen LogP contribution in [0.3, 0.4) is 0 Å². The molecule has 6 heteroatoms. The van der Waals surface area contributed by atoms with Gasteiger partial charge in [0, 0.05) is 27.6 Å². The third-order valence-electron chi connectivity index (χ3n) is 5.47. The van der Waals surface area contributed by atoms with Crippen molar-refractivity contribution >= 4 is 37.9 Å². The van der Waals surface area contributed by atoms with E-state index in [4.69, 9.17) is 10.5 Å². The van der Waals surface area contributed by atoms with Gasteiger partial charge in [0.25, 0.3) is 0 Å². The highest BCUT2D eigenvalue weighted by Gasteiger charge is 2.37. The molecule has 1 unspecified atom stereocenters. The van der Waals surface area contributed by atoms with Crippen LogP contribution in [0.15, 0.2) is 85.8 Å². The molecule has 30 heavy (non-hydrogen) atoms. The Kier molecular flexibility index (Phi) is 6.14. The molecular formula is C24H21Br2N3O. The molecule has 2 N–H and O–H groups in total. The first-order valence-electron chi connectivity index (χ1n) is 9.75. The Hall–Kier alpha value is -2.33. The predicted octanol–water partition coefficient (Wildman–Crippen LogP) is 5.69. The highest BCUT2D eigenvalue weighted by Crippen LogP contribution is 2.43. The number of nitriles is 1. The maximum Gasteiger partial charge on any atom is 0.205 e. The van der Waals surface area contributed by atoms with E-state index in [9.17, 15) is 5.26 Å². The average Bonchev–Trinajstić information content (AvgIpc) is 2.75. The molecule has 0 spiro atoms. The molecule has 2 heterocycles. The third kappa shape index (κ3) is 4.11. The fraction of sp³-hybridized carbons (Fsp3) is 0.208. The van der Waals surface area contributed by atoms with Crippen LogP contribution in [0.1, 0.15) is 24.0 Å². The molecule has 0 saturated heterocycles. The summed E-state index contributed by atoms with van der Waals surface area (Å²) in [6.07, 6.45) is 2.15. The van der Waals surface area contributed by atoms with E-state index in [0.717, 1.165) is 56.6 Å². The summed E-state index contributed by atoms with van der Waals surface area (Å²) in [6.45, 7) is 4.56. The van der Waals surface area contributed by atoms with Gasteiger partial charge >= 0.3 is 0 Å². The first-order valence-corrected chi connectivity index (χ1v) is 11.3. The summed E-state index contributed by atoms with van der Waals surface area (Å²) in [5.41, 5.74) is 11.0. The number of likely N-dealkylation sites (N-methyl/N-ethyl adjacent to an activating group) is 1. The van der Waals surface area contributed by atoms with E-state index < -0.39 is 0 Å². The first kappa shape index (κ1) is 20.9. The second kappa shape index (κ2) is 8.81. The van der Waals surface area contributed by atoms with Crippen molar-refractivity contribution in [3.05, 3.63) is 97.0 Å². The fourth-order valence-electron chi connectivity index (χ4n) is 3.96. The normalized spacial score (nSPS) is 20.7. The molecule has 0 fully saturated rings. The van der Waals surface area contributed by atoms with E-state index in [-0.39, 0.29) is 11.8 Å². The summed E-state index contributed by atoms with van der Waals surface area (Å²) < 4.78 is 8.11. The zero-order chi connectivity index (χ0) is 21.3. The summed E-state index contributed by atoms with van der Waals surface area (Å²) in [5.74, 6) is 0.775. The van der Waals surface area contributed by atoms with E-state index in [2.05, 4.69) is 68.0 Å². The van der Waals surface area contributed by atoms with Crippen LogP contribution in [0.25, 0.3) is 6.08 Å². The van der Waals surface area contributed by atoms with Gasteiger partial charge in [0.2, 0.25) is 5.88 Å². The van der Waals surface area contributed by atoms with Crippen molar-refractivity contribution in [1.82, 2.24) is 4.90 Å². The number of nitrogens with two attached hydrogens (primary N) is 1. The molecule has 4 nitrogen and oxygen atoms in total. The molecule has 0 saturated carbocycles. The molecule has 2 aromatic carbocycles. The van der Waals surface area contributed by atoms with Crippen molar-refractivity contribution in [2.75, 3.05) is 19.6 Å². The Morgan fingerprint density at radius 2 is 1.73 bits per heavy atom. The smallest absolute Gasteiger partial charge is 0.205 e. The summed E-state index contributed by atoms with van der Waals surface area (Å²) in [4.78, 5) is 2.36. The number of hydrogen-bond acceptors (Lipinski definition) is 4. The highest BCUT2D eigenvalue weighted by atomic mass is 79.9. The van der Waals surface area contributed by atoms with Gasteiger partial charge in [-0.1, -0.05) is 63.0 Å². The van der Waals surface area contributed by atoms with Gasteiger partial charge < -0.3 is 10.5 Å². The van der Waals surface area contributed by atoms with E-state index in [1.807, 2.05) is 36.4 Å². The molecule has 152 valence electrons. The summed E-state index contributed by atoms with van der Waals surface area (Å²) in [6, 6.07) is 18.5. The largest absolute Gasteiger partial charge is 0.440 e. The van der Waals surface area contributed by atoms with Crippen molar-refractivity contribution in [3.63, 3.8) is 0 Å². The van der Waals surface area contributed by atoms with Crippen LogP contribution in [0.4, 0.5) is 0 Å². The summed E-state index contributed by atoms with van der Waals surface area (Å²) in [5, 5.41) is 9.86. The molecule has 2 aliphatic heterocycles. The zero-order valence-corrected chi connectivity index (χ0v) is 19.7. The van der Waals surface area contributed by atoms with Crippen LogP contribution in [0, 0.1) is 11.3 Å². The number of allylic oxidation sites excluding steroid dienone is 1. The van der Waals surface area contributed by atoms with E-state index in [1.54, 1.807) is 0 Å². The van der Waals surface area contributed by atoms with E-state index in [0.29, 0.717) is 5.57 Å². The predicted molar refractivity (Wildman–Crippen MR) is 126 cm³/mol. The Balaban J connectivity index is 1.86. The lowest BCUT2D eigenvalue weighted by atomic mass is 9.80. The van der Waals surface area contributed by atoms with Gasteiger partial charge in [0.15, 0.2) is 0 Å². The molecule has 0 aromatic heterocycles.